The summed E-state index contributed by atoms with van der Waals surface area (Å²) < 4.78 is 23.7. The minimum Gasteiger partial charge on any atom is -0.322 e. The number of anilines is 1. The number of benzene rings is 2. The third kappa shape index (κ3) is 4.49. The predicted octanol–water partition coefficient (Wildman–Crippen LogP) is 3.41. The number of amides is 1. The van der Waals surface area contributed by atoms with Gasteiger partial charge in [0.25, 0.3) is 11.6 Å². The first kappa shape index (κ1) is 21.1. The van der Waals surface area contributed by atoms with Crippen LogP contribution in [0.2, 0.25) is 0 Å². The number of nitro benzene ring substituents is 1. The highest BCUT2D eigenvalue weighted by atomic mass is 32.2. The molecule has 0 spiro atoms. The third-order valence-electron chi connectivity index (χ3n) is 4.41. The van der Waals surface area contributed by atoms with E-state index < -0.39 is 20.7 Å². The maximum atomic E-state index is 12.5. The van der Waals surface area contributed by atoms with Crippen molar-refractivity contribution in [2.24, 2.45) is 0 Å². The van der Waals surface area contributed by atoms with Gasteiger partial charge in [0, 0.05) is 28.4 Å². The highest BCUT2D eigenvalue weighted by Crippen LogP contribution is 2.23. The maximum Gasteiger partial charge on any atom is 0.272 e. The molecule has 30 heavy (non-hydrogen) atoms. The van der Waals surface area contributed by atoms with Crippen molar-refractivity contribution in [3.05, 3.63) is 75.8 Å². The largest absolute Gasteiger partial charge is 0.322 e. The van der Waals surface area contributed by atoms with E-state index in [1.54, 1.807) is 37.3 Å². The fourth-order valence-electron chi connectivity index (χ4n) is 2.75. The van der Waals surface area contributed by atoms with Crippen molar-refractivity contribution in [2.45, 2.75) is 18.9 Å². The van der Waals surface area contributed by atoms with Gasteiger partial charge in [-0.3, -0.25) is 14.9 Å². The van der Waals surface area contributed by atoms with E-state index in [1.807, 2.05) is 0 Å². The lowest BCUT2D eigenvalue weighted by molar-refractivity contribution is -0.385. The van der Waals surface area contributed by atoms with E-state index >= 15 is 0 Å². The Morgan fingerprint density at radius 1 is 1.10 bits per heavy atom. The average Bonchev–Trinajstić information content (AvgIpc) is 2.73. The van der Waals surface area contributed by atoms with Crippen molar-refractivity contribution in [1.29, 1.82) is 0 Å². The van der Waals surface area contributed by atoms with Gasteiger partial charge in [0.15, 0.2) is 14.9 Å². The quantitative estimate of drug-likeness (QED) is 0.472. The van der Waals surface area contributed by atoms with Gasteiger partial charge in [0.05, 0.1) is 16.4 Å². The van der Waals surface area contributed by atoms with E-state index in [4.69, 9.17) is 0 Å². The SMILES string of the molecule is CCS(=O)(=O)c1ccc(-c2cccc(NC(=O)c3ccc([N+](=O)[O-])c(C)c3)c2)nn1. The molecule has 0 unspecified atom stereocenters. The van der Waals surface area contributed by atoms with Crippen LogP contribution in [0.5, 0.6) is 0 Å². The van der Waals surface area contributed by atoms with Gasteiger partial charge >= 0.3 is 0 Å². The van der Waals surface area contributed by atoms with Gasteiger partial charge in [-0.2, -0.15) is 0 Å². The molecule has 1 N–H and O–H groups in total. The van der Waals surface area contributed by atoms with E-state index in [-0.39, 0.29) is 22.0 Å². The first-order valence-corrected chi connectivity index (χ1v) is 10.6. The number of nitro groups is 1. The normalized spacial score (nSPS) is 11.1. The zero-order valence-corrected chi connectivity index (χ0v) is 17.0. The molecule has 1 amide bonds. The number of hydrogen-bond acceptors (Lipinski definition) is 7. The molecule has 0 atom stereocenters. The summed E-state index contributed by atoms with van der Waals surface area (Å²) in [6, 6.07) is 13.9. The van der Waals surface area contributed by atoms with Crippen molar-refractivity contribution >= 4 is 27.1 Å². The van der Waals surface area contributed by atoms with Gasteiger partial charge in [-0.05, 0) is 43.3 Å². The summed E-state index contributed by atoms with van der Waals surface area (Å²) in [5.74, 6) is -0.481. The summed E-state index contributed by atoms with van der Waals surface area (Å²) in [7, 11) is -3.44. The number of hydrogen-bond donors (Lipinski definition) is 1. The molecule has 10 heteroatoms. The number of aryl methyl sites for hydroxylation is 1. The van der Waals surface area contributed by atoms with E-state index in [1.165, 1.54) is 31.2 Å². The molecule has 9 nitrogen and oxygen atoms in total. The van der Waals surface area contributed by atoms with Crippen molar-refractivity contribution < 1.29 is 18.1 Å². The molecule has 0 aliphatic rings. The van der Waals surface area contributed by atoms with Gasteiger partial charge in [-0.1, -0.05) is 19.1 Å². The van der Waals surface area contributed by atoms with Crippen molar-refractivity contribution in [1.82, 2.24) is 10.2 Å². The number of sulfone groups is 1. The molecule has 1 aromatic heterocycles. The van der Waals surface area contributed by atoms with Gasteiger partial charge in [-0.15, -0.1) is 10.2 Å². The second kappa shape index (κ2) is 8.37. The van der Waals surface area contributed by atoms with Crippen LogP contribution in [0.4, 0.5) is 11.4 Å². The molecule has 0 aliphatic heterocycles. The first-order valence-electron chi connectivity index (χ1n) is 8.94. The maximum absolute atomic E-state index is 12.5. The lowest BCUT2D eigenvalue weighted by Crippen LogP contribution is -2.12. The van der Waals surface area contributed by atoms with Crippen LogP contribution in [0.15, 0.2) is 59.6 Å². The van der Waals surface area contributed by atoms with Crippen LogP contribution in [-0.4, -0.2) is 35.2 Å². The Bertz CT molecular complexity index is 1220. The monoisotopic (exact) mass is 426 g/mol. The van der Waals surface area contributed by atoms with Crippen LogP contribution in [-0.2, 0) is 9.84 Å². The van der Waals surface area contributed by atoms with Gasteiger partial charge < -0.3 is 5.32 Å². The number of aromatic nitrogens is 2. The number of rotatable bonds is 6. The predicted molar refractivity (Wildman–Crippen MR) is 111 cm³/mol. The van der Waals surface area contributed by atoms with E-state index in [0.717, 1.165) is 0 Å². The zero-order valence-electron chi connectivity index (χ0n) is 16.2. The Labute approximate surface area is 172 Å². The lowest BCUT2D eigenvalue weighted by atomic mass is 10.1. The number of nitrogens with one attached hydrogen (secondary N) is 1. The molecule has 3 rings (SSSR count). The zero-order chi connectivity index (χ0) is 21.9. The topological polar surface area (TPSA) is 132 Å². The third-order valence-corrected chi connectivity index (χ3v) is 6.03. The highest BCUT2D eigenvalue weighted by molar-refractivity contribution is 7.91. The second-order valence-electron chi connectivity index (χ2n) is 6.45. The number of nitrogens with zero attached hydrogens (tertiary/aromatic N) is 3. The van der Waals surface area contributed by atoms with Crippen LogP contribution < -0.4 is 5.32 Å². The molecule has 2 aromatic carbocycles. The summed E-state index contributed by atoms with van der Waals surface area (Å²) in [5, 5.41) is 21.3. The van der Waals surface area contributed by atoms with Gasteiger partial charge in [0.1, 0.15) is 0 Å². The van der Waals surface area contributed by atoms with Crippen LogP contribution >= 0.6 is 0 Å². The molecule has 1 heterocycles. The fraction of sp³-hybridized carbons (Fsp3) is 0.150. The summed E-state index contributed by atoms with van der Waals surface area (Å²) >= 11 is 0. The highest BCUT2D eigenvalue weighted by Gasteiger charge is 2.16. The Balaban J connectivity index is 1.81. The molecule has 0 saturated heterocycles. The minimum absolute atomic E-state index is 0.0549. The van der Waals surface area contributed by atoms with Crippen LogP contribution in [0.3, 0.4) is 0 Å². The average molecular weight is 426 g/mol. The number of carbonyl (C=O) groups excluding carboxylic acids is 1. The molecule has 3 aromatic rings. The van der Waals surface area contributed by atoms with Gasteiger partial charge in [0.2, 0.25) is 0 Å². The Hall–Kier alpha value is -3.66. The van der Waals surface area contributed by atoms with Crippen molar-refractivity contribution in [3.63, 3.8) is 0 Å². The van der Waals surface area contributed by atoms with Crippen molar-refractivity contribution in [2.75, 3.05) is 11.1 Å². The van der Waals surface area contributed by atoms with Gasteiger partial charge in [-0.25, -0.2) is 8.42 Å². The van der Waals surface area contributed by atoms with E-state index in [9.17, 15) is 23.3 Å². The summed E-state index contributed by atoms with van der Waals surface area (Å²) in [5.41, 5.74) is 2.20. The smallest absolute Gasteiger partial charge is 0.272 e. The van der Waals surface area contributed by atoms with Crippen LogP contribution in [0.25, 0.3) is 11.3 Å². The summed E-state index contributed by atoms with van der Waals surface area (Å²) in [4.78, 5) is 22.9. The molecule has 0 radical (unpaired) electrons. The van der Waals surface area contributed by atoms with Crippen LogP contribution in [0, 0.1) is 17.0 Å². The molecule has 0 fully saturated rings. The first-order chi connectivity index (χ1) is 14.2. The number of carbonyl (C=O) groups is 1. The van der Waals surface area contributed by atoms with E-state index in [0.29, 0.717) is 22.5 Å². The lowest BCUT2D eigenvalue weighted by Gasteiger charge is -2.08. The van der Waals surface area contributed by atoms with Crippen LogP contribution in [0.1, 0.15) is 22.8 Å². The molecule has 154 valence electrons. The molecule has 0 bridgehead atoms. The molecule has 0 saturated carbocycles. The second-order valence-corrected chi connectivity index (χ2v) is 8.68. The standard InChI is InChI=1S/C20H18N4O5S/c1-3-30(28,29)19-10-8-17(22-23-19)14-5-4-6-16(12-14)21-20(25)15-7-9-18(24(26)27)13(2)11-15/h4-12H,3H2,1-2H3,(H,21,25). The fourth-order valence-corrected chi connectivity index (χ4v) is 3.49. The minimum atomic E-state index is -3.44. The molecule has 0 aliphatic carbocycles. The Kier molecular flexibility index (Phi) is 5.88. The summed E-state index contributed by atoms with van der Waals surface area (Å²) in [6.45, 7) is 3.10. The Morgan fingerprint density at radius 2 is 1.87 bits per heavy atom. The molecular weight excluding hydrogens is 408 g/mol. The van der Waals surface area contributed by atoms with Crippen molar-refractivity contribution in [3.8, 4) is 11.3 Å². The Morgan fingerprint density at radius 3 is 2.47 bits per heavy atom. The van der Waals surface area contributed by atoms with E-state index in [2.05, 4.69) is 15.5 Å². The summed E-state index contributed by atoms with van der Waals surface area (Å²) in [6.07, 6.45) is 0. The molecular formula is C20H18N4O5S.